The fraction of sp³-hybridized carbons (Fsp3) is 0.746. The Labute approximate surface area is 456 Å². The number of unbranched alkanes of at least 4 members (excludes halogenated alkanes) is 42. The van der Waals surface area contributed by atoms with Crippen molar-refractivity contribution in [2.24, 2.45) is 9.98 Å². The number of para-hydroxylation sites is 2. The van der Waals surface area contributed by atoms with Gasteiger partial charge in [0.15, 0.2) is 0 Å². The fourth-order valence-corrected chi connectivity index (χ4v) is 10.8. The van der Waals surface area contributed by atoms with E-state index < -0.39 is 0 Å². The molecule has 0 radical (unpaired) electrons. The lowest BCUT2D eigenvalue weighted by molar-refractivity contribution is 0.520. The highest BCUT2D eigenvalue weighted by Crippen LogP contribution is 2.25. The molecule has 0 saturated carbocycles. The van der Waals surface area contributed by atoms with Crippen LogP contribution in [0.2, 0.25) is 0 Å². The van der Waals surface area contributed by atoms with Crippen molar-refractivity contribution in [3.63, 3.8) is 0 Å². The highest BCUT2D eigenvalue weighted by Gasteiger charge is 2.08. The number of aliphatic imine (C=N–C) groups is 2. The van der Waals surface area contributed by atoms with Gasteiger partial charge in [0.2, 0.25) is 0 Å². The van der Waals surface area contributed by atoms with E-state index in [1.54, 1.807) is 0 Å². The van der Waals surface area contributed by atoms with Gasteiger partial charge < -0.3 is 0 Å². The Bertz CT molecular complexity index is 1590. The quantitative estimate of drug-likeness (QED) is 0.0358. The molecule has 0 N–H and O–H groups in total. The van der Waals surface area contributed by atoms with Crippen LogP contribution in [0.25, 0.3) is 0 Å². The number of aryl methyl sites for hydroxylation is 2. The molecule has 0 aliphatic rings. The standard InChI is InChI=1S/C71H122N2/c1-5-8-10-12-14-16-18-20-22-24-26-28-30-32-34-36-38-40-42-44-46-48-50-52-54-60-67-62-56-58-64-70(67)72-66(4)69(7-3)73-71-65-59-57-63-68(71)61-55-53-51-49-47-45-43-41-39-37-35-33-31-29-27-25-23-21-19-17-15-13-11-9-6-2/h50-53,56-59,62-65H,5-49,54-55,60-61H2,1-4H3. The predicted molar refractivity (Wildman–Crippen MR) is 332 cm³/mol. The highest BCUT2D eigenvalue weighted by molar-refractivity contribution is 6.42. The van der Waals surface area contributed by atoms with E-state index in [1.807, 2.05) is 0 Å². The number of benzene rings is 2. The zero-order valence-electron chi connectivity index (χ0n) is 49.5. The first-order valence-electron chi connectivity index (χ1n) is 32.8. The molecule has 0 heterocycles. The van der Waals surface area contributed by atoms with Crippen LogP contribution in [0.5, 0.6) is 0 Å². The van der Waals surface area contributed by atoms with E-state index in [9.17, 15) is 0 Å². The third-order valence-electron chi connectivity index (χ3n) is 15.7. The van der Waals surface area contributed by atoms with Crippen molar-refractivity contribution in [3.05, 3.63) is 84.0 Å². The van der Waals surface area contributed by atoms with Crippen molar-refractivity contribution in [1.29, 1.82) is 0 Å². The normalized spacial score (nSPS) is 12.4. The van der Waals surface area contributed by atoms with Crippen LogP contribution in [0.15, 0.2) is 82.8 Å². The van der Waals surface area contributed by atoms with Crippen LogP contribution in [0, 0.1) is 0 Å². The van der Waals surface area contributed by atoms with Gasteiger partial charge in [0, 0.05) is 0 Å². The summed E-state index contributed by atoms with van der Waals surface area (Å²) in [7, 11) is 0. The minimum Gasteiger partial charge on any atom is -0.252 e. The molecule has 0 unspecified atom stereocenters. The van der Waals surface area contributed by atoms with E-state index in [2.05, 4.69) is 101 Å². The first-order valence-corrected chi connectivity index (χ1v) is 32.8. The number of hydrogen-bond donors (Lipinski definition) is 0. The average molecular weight is 1000 g/mol. The van der Waals surface area contributed by atoms with Gasteiger partial charge in [-0.2, -0.15) is 0 Å². The molecule has 0 bridgehead atoms. The van der Waals surface area contributed by atoms with Crippen molar-refractivity contribution in [3.8, 4) is 0 Å². The molecule has 0 aromatic heterocycles. The summed E-state index contributed by atoms with van der Waals surface area (Å²) in [6, 6.07) is 17.5. The summed E-state index contributed by atoms with van der Waals surface area (Å²) in [6.45, 7) is 8.97. The Hall–Kier alpha value is -2.74. The van der Waals surface area contributed by atoms with Crippen molar-refractivity contribution in [2.75, 3.05) is 0 Å². The van der Waals surface area contributed by atoms with Crippen molar-refractivity contribution in [2.45, 2.75) is 342 Å². The number of nitrogens with zero attached hydrogens (tertiary/aromatic N) is 2. The fourth-order valence-electron chi connectivity index (χ4n) is 10.8. The lowest BCUT2D eigenvalue weighted by Crippen LogP contribution is -2.09. The van der Waals surface area contributed by atoms with Crippen molar-refractivity contribution in [1.82, 2.24) is 0 Å². The summed E-state index contributed by atoms with van der Waals surface area (Å²) in [4.78, 5) is 10.4. The van der Waals surface area contributed by atoms with E-state index in [1.165, 1.54) is 294 Å². The maximum atomic E-state index is 5.23. The molecular weight excluding hydrogens is 881 g/mol. The molecular formula is C71H122N2. The van der Waals surface area contributed by atoms with E-state index in [4.69, 9.17) is 9.98 Å². The highest BCUT2D eigenvalue weighted by atomic mass is 14.8. The third-order valence-corrected chi connectivity index (χ3v) is 15.7. The Morgan fingerprint density at radius 2 is 0.548 bits per heavy atom. The zero-order valence-corrected chi connectivity index (χ0v) is 49.5. The second kappa shape index (κ2) is 52.7. The van der Waals surface area contributed by atoms with Crippen molar-refractivity contribution >= 4 is 22.8 Å². The van der Waals surface area contributed by atoms with Gasteiger partial charge >= 0.3 is 0 Å². The molecule has 0 saturated heterocycles. The maximum Gasteiger partial charge on any atom is 0.0665 e. The summed E-state index contributed by atoms with van der Waals surface area (Å²) in [5.41, 5.74) is 6.96. The first kappa shape index (κ1) is 66.4. The van der Waals surface area contributed by atoms with Gasteiger partial charge in [0.05, 0.1) is 22.8 Å². The van der Waals surface area contributed by atoms with Crippen LogP contribution in [-0.4, -0.2) is 11.4 Å². The van der Waals surface area contributed by atoms with Gasteiger partial charge in [-0.3, -0.25) is 9.98 Å². The van der Waals surface area contributed by atoms with Gasteiger partial charge in [-0.1, -0.05) is 338 Å². The second-order valence-electron chi connectivity index (χ2n) is 22.6. The Morgan fingerprint density at radius 3 is 0.836 bits per heavy atom. The van der Waals surface area contributed by atoms with Gasteiger partial charge in [0.1, 0.15) is 0 Å². The molecule has 0 atom stereocenters. The SMILES string of the molecule is CCCCCCCCCCCCCCCCCCCCCCCC=CCCc1ccccc1N=C(C)C(CC)=Nc1ccccc1CCC=CCCCCCCCCCCCCCCCCCCCCCCC. The molecule has 0 aliphatic carbocycles. The van der Waals surface area contributed by atoms with Crippen LogP contribution >= 0.6 is 0 Å². The van der Waals surface area contributed by atoms with E-state index >= 15 is 0 Å². The summed E-state index contributed by atoms with van der Waals surface area (Å²) < 4.78 is 0. The number of allylic oxidation sites excluding steroid dienone is 4. The smallest absolute Gasteiger partial charge is 0.0665 e. The molecule has 73 heavy (non-hydrogen) atoms. The molecule has 0 spiro atoms. The van der Waals surface area contributed by atoms with Gasteiger partial charge in [0.25, 0.3) is 0 Å². The van der Waals surface area contributed by atoms with Crippen molar-refractivity contribution < 1.29 is 0 Å². The summed E-state index contributed by atoms with van der Waals surface area (Å²) in [5, 5.41) is 0. The van der Waals surface area contributed by atoms with E-state index in [-0.39, 0.29) is 0 Å². The minimum absolute atomic E-state index is 0.869. The molecule has 0 fully saturated rings. The van der Waals surface area contributed by atoms with Crippen LogP contribution in [-0.2, 0) is 12.8 Å². The summed E-state index contributed by atoms with van der Waals surface area (Å²) >= 11 is 0. The minimum atomic E-state index is 0.869. The Kier molecular flexibility index (Phi) is 47.9. The van der Waals surface area contributed by atoms with E-state index in [0.717, 1.165) is 54.9 Å². The molecule has 2 aromatic rings. The maximum absolute atomic E-state index is 5.23. The molecule has 2 nitrogen and oxygen atoms in total. The van der Waals surface area contributed by atoms with Crippen LogP contribution in [0.3, 0.4) is 0 Å². The molecule has 2 aromatic carbocycles. The Balaban J connectivity index is 1.51. The summed E-state index contributed by atoms with van der Waals surface area (Å²) in [6.07, 6.45) is 77.7. The lowest BCUT2D eigenvalue weighted by Gasteiger charge is -2.10. The van der Waals surface area contributed by atoms with Gasteiger partial charge in [-0.15, -0.1) is 0 Å². The van der Waals surface area contributed by atoms with E-state index in [0.29, 0.717) is 0 Å². The Morgan fingerprint density at radius 1 is 0.301 bits per heavy atom. The van der Waals surface area contributed by atoms with Crippen LogP contribution in [0.1, 0.15) is 341 Å². The molecule has 2 heteroatoms. The van der Waals surface area contributed by atoms with Gasteiger partial charge in [-0.25, -0.2) is 0 Å². The zero-order chi connectivity index (χ0) is 52.0. The van der Waals surface area contributed by atoms with Crippen LogP contribution in [0.4, 0.5) is 11.4 Å². The molecule has 2 rings (SSSR count). The molecule has 416 valence electrons. The topological polar surface area (TPSA) is 24.7 Å². The lowest BCUT2D eigenvalue weighted by atomic mass is 10.0. The predicted octanol–water partition coefficient (Wildman–Crippen LogP) is 25.1. The van der Waals surface area contributed by atoms with Gasteiger partial charge in [-0.05, 0) is 88.0 Å². The average Bonchev–Trinajstić information content (AvgIpc) is 3.40. The number of hydrogen-bond acceptors (Lipinski definition) is 2. The largest absolute Gasteiger partial charge is 0.252 e. The monoisotopic (exact) mass is 1000 g/mol. The summed E-state index contributed by atoms with van der Waals surface area (Å²) in [5.74, 6) is 0. The third kappa shape index (κ3) is 41.1. The number of rotatable bonds is 54. The first-order chi connectivity index (χ1) is 36.2. The molecule has 0 aliphatic heterocycles. The molecule has 0 amide bonds. The van der Waals surface area contributed by atoms with Crippen LogP contribution < -0.4 is 0 Å². The second-order valence-corrected chi connectivity index (χ2v) is 22.6.